The largest absolute Gasteiger partial charge is 0.370 e. The van der Waals surface area contributed by atoms with Crippen LogP contribution in [0.25, 0.3) is 0 Å². The van der Waals surface area contributed by atoms with Crippen molar-refractivity contribution in [3.63, 3.8) is 0 Å². The minimum Gasteiger partial charge on any atom is -0.370 e. The highest BCUT2D eigenvalue weighted by atomic mass is 35.5. The Bertz CT molecular complexity index is 1320. The molecule has 1 amide bonds. The standard InChI is InChI=1S/C25H20ClN3O2S/c1-15-19(12-13-32-15)25(31)27-18-8-6-16(7-9-18)24(30)23-21-10-11-22(26)29(21)14-17-4-2-3-5-20(17)28-23/h2-13,23,28H,14H2,1H3,(H,27,31). The van der Waals surface area contributed by atoms with Crippen LogP contribution in [-0.4, -0.2) is 16.3 Å². The van der Waals surface area contributed by atoms with E-state index in [1.807, 2.05) is 59.3 Å². The predicted octanol–water partition coefficient (Wildman–Crippen LogP) is 6.16. The quantitative estimate of drug-likeness (QED) is 0.357. The smallest absolute Gasteiger partial charge is 0.256 e. The van der Waals surface area contributed by atoms with E-state index in [9.17, 15) is 9.59 Å². The van der Waals surface area contributed by atoms with Gasteiger partial charge in [0.25, 0.3) is 5.91 Å². The number of fused-ring (bicyclic) bond motifs is 2. The molecule has 0 saturated carbocycles. The van der Waals surface area contributed by atoms with Crippen molar-refractivity contribution in [2.75, 3.05) is 10.6 Å². The number of ketones is 1. The maximum Gasteiger partial charge on any atom is 0.256 e. The molecule has 0 spiro atoms. The zero-order chi connectivity index (χ0) is 22.2. The Hall–Kier alpha value is -3.35. The highest BCUT2D eigenvalue weighted by molar-refractivity contribution is 7.10. The molecule has 2 N–H and O–H groups in total. The van der Waals surface area contributed by atoms with Crippen molar-refractivity contribution >= 4 is 46.0 Å². The number of hydrogen-bond donors (Lipinski definition) is 2. The number of carbonyl (C=O) groups excluding carboxylic acids is 2. The SMILES string of the molecule is Cc1sccc1C(=O)Nc1ccc(C(=O)C2Nc3ccccc3Cn3c(Cl)ccc32)cc1. The maximum absolute atomic E-state index is 13.5. The van der Waals surface area contributed by atoms with Gasteiger partial charge in [-0.25, -0.2) is 0 Å². The molecule has 4 aromatic rings. The lowest BCUT2D eigenvalue weighted by Gasteiger charge is -2.18. The fourth-order valence-electron chi connectivity index (χ4n) is 3.98. The van der Waals surface area contributed by atoms with Crippen LogP contribution in [0.2, 0.25) is 5.15 Å². The van der Waals surface area contributed by atoms with E-state index in [2.05, 4.69) is 10.6 Å². The molecule has 32 heavy (non-hydrogen) atoms. The van der Waals surface area contributed by atoms with E-state index in [4.69, 9.17) is 11.6 Å². The molecule has 1 atom stereocenters. The van der Waals surface area contributed by atoms with Crippen LogP contribution in [0.1, 0.15) is 42.9 Å². The molecule has 5 rings (SSSR count). The normalized spacial score (nSPS) is 14.6. The molecule has 5 nitrogen and oxygen atoms in total. The van der Waals surface area contributed by atoms with Crippen molar-refractivity contribution in [1.29, 1.82) is 0 Å². The molecule has 0 fully saturated rings. The number of halogens is 1. The minimum atomic E-state index is -0.569. The first-order valence-electron chi connectivity index (χ1n) is 10.2. The lowest BCUT2D eigenvalue weighted by atomic mass is 10.0. The number of aromatic nitrogens is 1. The van der Waals surface area contributed by atoms with Gasteiger partial charge in [-0.2, -0.15) is 0 Å². The van der Waals surface area contributed by atoms with Gasteiger partial charge in [0.15, 0.2) is 5.78 Å². The number of anilines is 2. The highest BCUT2D eigenvalue weighted by Gasteiger charge is 2.29. The molecule has 160 valence electrons. The average Bonchev–Trinajstić information content (AvgIpc) is 3.34. The van der Waals surface area contributed by atoms with Gasteiger partial charge in [-0.15, -0.1) is 11.3 Å². The summed E-state index contributed by atoms with van der Waals surface area (Å²) in [6, 6.07) is 19.9. The monoisotopic (exact) mass is 461 g/mol. The van der Waals surface area contributed by atoms with Crippen LogP contribution in [0.3, 0.4) is 0 Å². The number of rotatable bonds is 4. The van der Waals surface area contributed by atoms with Gasteiger partial charge in [0, 0.05) is 27.5 Å². The number of benzene rings is 2. The van der Waals surface area contributed by atoms with Crippen LogP contribution in [0.4, 0.5) is 11.4 Å². The van der Waals surface area contributed by atoms with Crippen LogP contribution in [0.5, 0.6) is 0 Å². The minimum absolute atomic E-state index is 0.0655. The van der Waals surface area contributed by atoms with Crippen molar-refractivity contribution in [3.05, 3.63) is 105 Å². The van der Waals surface area contributed by atoms with Crippen molar-refractivity contribution < 1.29 is 9.59 Å². The van der Waals surface area contributed by atoms with E-state index in [1.54, 1.807) is 24.3 Å². The summed E-state index contributed by atoms with van der Waals surface area (Å²) in [5, 5.41) is 8.78. The Balaban J connectivity index is 1.41. The van der Waals surface area contributed by atoms with E-state index >= 15 is 0 Å². The van der Waals surface area contributed by atoms with Gasteiger partial charge in [-0.1, -0.05) is 29.8 Å². The van der Waals surface area contributed by atoms with Gasteiger partial charge < -0.3 is 15.2 Å². The number of amides is 1. The zero-order valence-electron chi connectivity index (χ0n) is 17.3. The number of Topliss-reactive ketones (excluding diaryl/α,β-unsaturated/α-hetero) is 1. The van der Waals surface area contributed by atoms with Crippen LogP contribution in [0, 0.1) is 6.92 Å². The summed E-state index contributed by atoms with van der Waals surface area (Å²) in [6.07, 6.45) is 0. The third-order valence-corrected chi connectivity index (χ3v) is 6.87. The summed E-state index contributed by atoms with van der Waals surface area (Å²) in [6.45, 7) is 2.52. The van der Waals surface area contributed by atoms with E-state index in [-0.39, 0.29) is 11.7 Å². The van der Waals surface area contributed by atoms with Gasteiger partial charge in [-0.3, -0.25) is 9.59 Å². The molecule has 0 bridgehead atoms. The van der Waals surface area contributed by atoms with Crippen molar-refractivity contribution in [1.82, 2.24) is 4.57 Å². The number of nitrogens with zero attached hydrogens (tertiary/aromatic N) is 1. The number of thiophene rings is 1. The first-order chi connectivity index (χ1) is 15.5. The van der Waals surface area contributed by atoms with Gasteiger partial charge >= 0.3 is 0 Å². The number of hydrogen-bond acceptors (Lipinski definition) is 4. The van der Waals surface area contributed by atoms with Crippen LogP contribution in [0.15, 0.2) is 72.1 Å². The van der Waals surface area contributed by atoms with Gasteiger partial charge in [0.1, 0.15) is 11.2 Å². The fourth-order valence-corrected chi connectivity index (χ4v) is 4.89. The lowest BCUT2D eigenvalue weighted by Crippen LogP contribution is -2.22. The Morgan fingerprint density at radius 3 is 2.59 bits per heavy atom. The summed E-state index contributed by atoms with van der Waals surface area (Å²) >= 11 is 7.95. The van der Waals surface area contributed by atoms with Crippen molar-refractivity contribution in [2.45, 2.75) is 19.5 Å². The van der Waals surface area contributed by atoms with Crippen LogP contribution in [-0.2, 0) is 6.54 Å². The molecular weight excluding hydrogens is 442 g/mol. The van der Waals surface area contributed by atoms with Crippen LogP contribution < -0.4 is 10.6 Å². The van der Waals surface area contributed by atoms with E-state index in [1.165, 1.54) is 11.3 Å². The predicted molar refractivity (Wildman–Crippen MR) is 129 cm³/mol. The number of para-hydroxylation sites is 1. The summed E-state index contributed by atoms with van der Waals surface area (Å²) in [7, 11) is 0. The molecule has 1 aliphatic rings. The lowest BCUT2D eigenvalue weighted by molar-refractivity contribution is 0.0966. The topological polar surface area (TPSA) is 63.1 Å². The summed E-state index contributed by atoms with van der Waals surface area (Å²) in [5.74, 6) is -0.221. The molecule has 2 aromatic carbocycles. The molecule has 3 heterocycles. The molecule has 2 aromatic heterocycles. The Morgan fingerprint density at radius 1 is 1.06 bits per heavy atom. The number of nitrogens with one attached hydrogen (secondary N) is 2. The second-order valence-electron chi connectivity index (χ2n) is 7.69. The van der Waals surface area contributed by atoms with E-state index in [0.29, 0.717) is 28.5 Å². The Labute approximate surface area is 194 Å². The summed E-state index contributed by atoms with van der Waals surface area (Å²) < 4.78 is 1.96. The highest BCUT2D eigenvalue weighted by Crippen LogP contribution is 2.33. The van der Waals surface area contributed by atoms with Crippen molar-refractivity contribution in [2.24, 2.45) is 0 Å². The van der Waals surface area contributed by atoms with Gasteiger partial charge in [0.2, 0.25) is 0 Å². The third-order valence-electron chi connectivity index (χ3n) is 5.70. The molecule has 1 unspecified atom stereocenters. The van der Waals surface area contributed by atoms with Gasteiger partial charge in [0.05, 0.1) is 12.1 Å². The van der Waals surface area contributed by atoms with E-state index in [0.717, 1.165) is 21.8 Å². The maximum atomic E-state index is 13.5. The Kier molecular flexibility index (Phi) is 5.33. The molecular formula is C25H20ClN3O2S. The van der Waals surface area contributed by atoms with Gasteiger partial charge in [-0.05, 0) is 66.4 Å². The molecule has 0 aliphatic carbocycles. The average molecular weight is 462 g/mol. The second-order valence-corrected chi connectivity index (χ2v) is 9.20. The first kappa shape index (κ1) is 20.5. The van der Waals surface area contributed by atoms with Crippen molar-refractivity contribution in [3.8, 4) is 0 Å². The molecule has 0 saturated heterocycles. The molecule has 1 aliphatic heterocycles. The number of carbonyl (C=O) groups is 2. The zero-order valence-corrected chi connectivity index (χ0v) is 18.8. The van der Waals surface area contributed by atoms with E-state index < -0.39 is 6.04 Å². The molecule has 7 heteroatoms. The molecule has 0 radical (unpaired) electrons. The van der Waals surface area contributed by atoms with Crippen LogP contribution >= 0.6 is 22.9 Å². The summed E-state index contributed by atoms with van der Waals surface area (Å²) in [5.41, 5.74) is 4.67. The fraction of sp³-hybridized carbons (Fsp3) is 0.120. The third kappa shape index (κ3) is 3.72. The first-order valence-corrected chi connectivity index (χ1v) is 11.5. The Morgan fingerprint density at radius 2 is 1.84 bits per heavy atom. The summed E-state index contributed by atoms with van der Waals surface area (Å²) in [4.78, 5) is 26.9. The number of aryl methyl sites for hydroxylation is 1. The second kappa shape index (κ2) is 8.30.